The lowest BCUT2D eigenvalue weighted by Crippen LogP contribution is -2.27. The van der Waals surface area contributed by atoms with Crippen molar-refractivity contribution in [3.8, 4) is 11.4 Å². The van der Waals surface area contributed by atoms with Crippen LogP contribution in [0.25, 0.3) is 17.5 Å². The smallest absolute Gasteiger partial charge is 0.164 e. The van der Waals surface area contributed by atoms with Crippen molar-refractivity contribution in [1.29, 1.82) is 0 Å². The fourth-order valence-electron chi connectivity index (χ4n) is 3.57. The number of fused-ring (bicyclic) bond motifs is 1. The molecular weight excluding hydrogens is 346 g/mol. The molecule has 0 spiro atoms. The van der Waals surface area contributed by atoms with Gasteiger partial charge in [-0.15, -0.1) is 10.2 Å². The molecule has 0 saturated carbocycles. The van der Waals surface area contributed by atoms with Crippen LogP contribution in [0.15, 0.2) is 60.7 Å². The maximum absolute atomic E-state index is 4.44. The summed E-state index contributed by atoms with van der Waals surface area (Å²) in [5.74, 6) is 2.07. The molecule has 0 fully saturated rings. The first-order valence-corrected chi connectivity index (χ1v) is 9.84. The zero-order valence-electron chi connectivity index (χ0n) is 16.6. The number of hydrogen-bond donors (Lipinski definition) is 0. The van der Waals surface area contributed by atoms with Crippen LogP contribution in [0.2, 0.25) is 0 Å². The fraction of sp³-hybridized carbons (Fsp3) is 0.304. The minimum atomic E-state index is 0.929. The molecule has 0 bridgehead atoms. The van der Waals surface area contributed by atoms with E-state index in [0.29, 0.717) is 0 Å². The van der Waals surface area contributed by atoms with Crippen molar-refractivity contribution in [3.63, 3.8) is 0 Å². The molecule has 3 aromatic rings. The molecule has 0 unspecified atom stereocenters. The van der Waals surface area contributed by atoms with Crippen molar-refractivity contribution in [2.75, 3.05) is 38.6 Å². The Hall–Kier alpha value is -2.92. The van der Waals surface area contributed by atoms with E-state index in [4.69, 9.17) is 0 Å². The van der Waals surface area contributed by atoms with Gasteiger partial charge in [-0.2, -0.15) is 0 Å². The van der Waals surface area contributed by atoms with E-state index in [1.165, 1.54) is 11.3 Å². The van der Waals surface area contributed by atoms with Gasteiger partial charge in [-0.3, -0.25) is 4.90 Å². The molecular formula is C23H27N5. The van der Waals surface area contributed by atoms with Crippen LogP contribution in [0.3, 0.4) is 0 Å². The first-order valence-electron chi connectivity index (χ1n) is 9.84. The van der Waals surface area contributed by atoms with Crippen LogP contribution in [-0.2, 0) is 13.0 Å². The number of anilines is 1. The van der Waals surface area contributed by atoms with Gasteiger partial charge in [0.25, 0.3) is 0 Å². The third-order valence-electron chi connectivity index (χ3n) is 5.23. The Morgan fingerprint density at radius 3 is 2.46 bits per heavy atom. The Balaban J connectivity index is 1.37. The van der Waals surface area contributed by atoms with E-state index in [9.17, 15) is 0 Å². The van der Waals surface area contributed by atoms with Crippen molar-refractivity contribution in [1.82, 2.24) is 19.7 Å². The Kier molecular flexibility index (Phi) is 5.53. The number of nitrogens with zero attached hydrogens (tertiary/aromatic N) is 5. The predicted molar refractivity (Wildman–Crippen MR) is 115 cm³/mol. The maximum Gasteiger partial charge on any atom is 0.164 e. The van der Waals surface area contributed by atoms with Gasteiger partial charge < -0.3 is 9.47 Å². The minimum Gasteiger partial charge on any atom is -0.378 e. The average Bonchev–Trinajstić information content (AvgIpc) is 3.03. The van der Waals surface area contributed by atoms with Crippen molar-refractivity contribution in [3.05, 3.63) is 72.1 Å². The summed E-state index contributed by atoms with van der Waals surface area (Å²) >= 11 is 0. The van der Waals surface area contributed by atoms with Crippen LogP contribution in [-0.4, -0.2) is 53.4 Å². The second kappa shape index (κ2) is 8.40. The number of rotatable bonds is 5. The molecule has 0 atom stereocenters. The summed E-state index contributed by atoms with van der Waals surface area (Å²) in [6.07, 6.45) is 5.40. The SMILES string of the molecule is CN(C)c1ccc(/C=C/CN2CCc3nnc(-c4ccccc4)n3CC2)cc1. The average molecular weight is 374 g/mol. The van der Waals surface area contributed by atoms with Gasteiger partial charge in [-0.05, 0) is 17.7 Å². The summed E-state index contributed by atoms with van der Waals surface area (Å²) in [7, 11) is 4.13. The van der Waals surface area contributed by atoms with Crippen molar-refractivity contribution < 1.29 is 0 Å². The second-order valence-corrected chi connectivity index (χ2v) is 7.40. The van der Waals surface area contributed by atoms with E-state index in [2.05, 4.69) is 99.3 Å². The minimum absolute atomic E-state index is 0.929. The quantitative estimate of drug-likeness (QED) is 0.685. The lowest BCUT2D eigenvalue weighted by Gasteiger charge is -2.17. The number of benzene rings is 2. The third-order valence-corrected chi connectivity index (χ3v) is 5.23. The van der Waals surface area contributed by atoms with Crippen LogP contribution in [0, 0.1) is 0 Å². The molecule has 28 heavy (non-hydrogen) atoms. The molecule has 0 amide bonds. The number of aromatic nitrogens is 3. The monoisotopic (exact) mass is 373 g/mol. The molecule has 0 aliphatic carbocycles. The fourth-order valence-corrected chi connectivity index (χ4v) is 3.57. The molecule has 0 radical (unpaired) electrons. The molecule has 0 N–H and O–H groups in total. The van der Waals surface area contributed by atoms with Gasteiger partial charge in [0.05, 0.1) is 0 Å². The first-order chi connectivity index (χ1) is 13.7. The topological polar surface area (TPSA) is 37.2 Å². The first kappa shape index (κ1) is 18.4. The lowest BCUT2D eigenvalue weighted by atomic mass is 10.2. The standard InChI is InChI=1S/C23H27N5/c1-26(2)21-12-10-19(11-13-21)7-6-15-27-16-14-22-24-25-23(28(22)18-17-27)20-8-4-3-5-9-20/h3-13H,14-18H2,1-2H3/b7-6+. The molecule has 1 aromatic heterocycles. The molecule has 1 aliphatic heterocycles. The van der Waals surface area contributed by atoms with Crippen LogP contribution in [0.1, 0.15) is 11.4 Å². The molecule has 2 aromatic carbocycles. The highest BCUT2D eigenvalue weighted by atomic mass is 15.3. The molecule has 5 nitrogen and oxygen atoms in total. The predicted octanol–water partition coefficient (Wildman–Crippen LogP) is 3.58. The highest BCUT2D eigenvalue weighted by Gasteiger charge is 2.18. The van der Waals surface area contributed by atoms with E-state index in [-0.39, 0.29) is 0 Å². The normalized spacial score (nSPS) is 14.8. The van der Waals surface area contributed by atoms with E-state index in [1.807, 2.05) is 6.07 Å². The van der Waals surface area contributed by atoms with Gasteiger partial charge in [0.2, 0.25) is 0 Å². The van der Waals surface area contributed by atoms with E-state index in [0.717, 1.165) is 49.8 Å². The van der Waals surface area contributed by atoms with Gasteiger partial charge in [0.15, 0.2) is 5.82 Å². The van der Waals surface area contributed by atoms with Crippen LogP contribution in [0.5, 0.6) is 0 Å². The van der Waals surface area contributed by atoms with Crippen molar-refractivity contribution in [2.24, 2.45) is 0 Å². The highest BCUT2D eigenvalue weighted by Crippen LogP contribution is 2.20. The zero-order chi connectivity index (χ0) is 19.3. The highest BCUT2D eigenvalue weighted by molar-refractivity contribution is 5.56. The Labute approximate surface area is 166 Å². The van der Waals surface area contributed by atoms with Crippen molar-refractivity contribution >= 4 is 11.8 Å². The van der Waals surface area contributed by atoms with Crippen LogP contribution in [0.4, 0.5) is 5.69 Å². The van der Waals surface area contributed by atoms with Gasteiger partial charge in [-0.25, -0.2) is 0 Å². The third kappa shape index (κ3) is 4.15. The van der Waals surface area contributed by atoms with Gasteiger partial charge in [0.1, 0.15) is 5.82 Å². The Morgan fingerprint density at radius 2 is 1.71 bits per heavy atom. The molecule has 1 aliphatic rings. The molecule has 0 saturated heterocycles. The zero-order valence-corrected chi connectivity index (χ0v) is 16.6. The molecule has 144 valence electrons. The van der Waals surface area contributed by atoms with Gasteiger partial charge in [0, 0.05) is 57.9 Å². The number of hydrogen-bond acceptors (Lipinski definition) is 4. The van der Waals surface area contributed by atoms with Crippen LogP contribution < -0.4 is 4.90 Å². The summed E-state index contributed by atoms with van der Waals surface area (Å²) < 4.78 is 2.28. The lowest BCUT2D eigenvalue weighted by molar-refractivity contribution is 0.309. The van der Waals surface area contributed by atoms with E-state index in [1.54, 1.807) is 0 Å². The maximum atomic E-state index is 4.44. The summed E-state index contributed by atoms with van der Waals surface area (Å²) in [6, 6.07) is 19.0. The summed E-state index contributed by atoms with van der Waals surface area (Å²) in [6.45, 7) is 3.90. The van der Waals surface area contributed by atoms with E-state index < -0.39 is 0 Å². The summed E-state index contributed by atoms with van der Waals surface area (Å²) in [5, 5.41) is 8.88. The Bertz CT molecular complexity index is 925. The Morgan fingerprint density at radius 1 is 0.929 bits per heavy atom. The molecule has 4 rings (SSSR count). The molecule has 2 heterocycles. The summed E-state index contributed by atoms with van der Waals surface area (Å²) in [4.78, 5) is 4.60. The summed E-state index contributed by atoms with van der Waals surface area (Å²) in [5.41, 5.74) is 3.60. The molecule has 5 heteroatoms. The van der Waals surface area contributed by atoms with Crippen molar-refractivity contribution in [2.45, 2.75) is 13.0 Å². The van der Waals surface area contributed by atoms with E-state index >= 15 is 0 Å². The second-order valence-electron chi connectivity index (χ2n) is 7.40. The van der Waals surface area contributed by atoms with Gasteiger partial charge in [-0.1, -0.05) is 54.6 Å². The van der Waals surface area contributed by atoms with Crippen LogP contribution >= 0.6 is 0 Å². The largest absolute Gasteiger partial charge is 0.378 e. The van der Waals surface area contributed by atoms with Gasteiger partial charge >= 0.3 is 0 Å².